The number of ether oxygens (including phenoxy) is 2. The van der Waals surface area contributed by atoms with E-state index in [0.717, 1.165) is 22.6 Å². The van der Waals surface area contributed by atoms with Crippen LogP contribution in [0.1, 0.15) is 35.7 Å². The normalized spacial score (nSPS) is 10.9. The van der Waals surface area contributed by atoms with Crippen molar-refractivity contribution >= 4 is 17.2 Å². The molecule has 1 amide bonds. The number of amides is 1. The first kappa shape index (κ1) is 21.3. The number of fused-ring (bicyclic) bond motifs is 1. The summed E-state index contributed by atoms with van der Waals surface area (Å²) < 4.78 is 12.5. The van der Waals surface area contributed by atoms with Crippen molar-refractivity contribution in [2.24, 2.45) is 0 Å². The molecular weight excluding hydrogens is 406 g/mol. The largest absolute Gasteiger partial charge is 0.497 e. The first-order chi connectivity index (χ1) is 15.6. The number of anilines is 1. The lowest BCUT2D eigenvalue weighted by atomic mass is 10.0. The highest BCUT2D eigenvalue weighted by Gasteiger charge is 2.22. The van der Waals surface area contributed by atoms with Crippen molar-refractivity contribution in [3.8, 4) is 22.6 Å². The molecule has 0 radical (unpaired) electrons. The van der Waals surface area contributed by atoms with E-state index in [9.17, 15) is 4.79 Å². The Morgan fingerprint density at radius 1 is 1.06 bits per heavy atom. The van der Waals surface area contributed by atoms with Gasteiger partial charge in [0.25, 0.3) is 5.91 Å². The maximum absolute atomic E-state index is 13.0. The van der Waals surface area contributed by atoms with Crippen molar-refractivity contribution in [3.05, 3.63) is 65.6 Å². The molecule has 0 saturated heterocycles. The molecule has 2 aromatic heterocycles. The number of hydrogen-bond acceptors (Lipinski definition) is 6. The lowest BCUT2D eigenvalue weighted by molar-refractivity contribution is 0.101. The number of aryl methyl sites for hydroxylation is 2. The molecule has 32 heavy (non-hydrogen) atoms. The summed E-state index contributed by atoms with van der Waals surface area (Å²) in [5, 5.41) is 16.2. The highest BCUT2D eigenvalue weighted by atomic mass is 16.5. The highest BCUT2D eigenvalue weighted by molar-refractivity contribution is 6.04. The van der Waals surface area contributed by atoms with Crippen LogP contribution in [0.4, 0.5) is 5.69 Å². The van der Waals surface area contributed by atoms with E-state index < -0.39 is 0 Å². The molecule has 8 heteroatoms. The van der Waals surface area contributed by atoms with Crippen LogP contribution >= 0.6 is 0 Å². The molecule has 0 fully saturated rings. The fourth-order valence-electron chi connectivity index (χ4n) is 3.59. The number of aromatic nitrogens is 4. The number of carbonyl (C=O) groups is 1. The van der Waals surface area contributed by atoms with Gasteiger partial charge in [0.05, 0.1) is 36.4 Å². The second-order valence-electron chi connectivity index (χ2n) is 7.16. The third-order valence-corrected chi connectivity index (χ3v) is 5.20. The monoisotopic (exact) mass is 431 g/mol. The van der Waals surface area contributed by atoms with E-state index in [2.05, 4.69) is 15.5 Å². The predicted molar refractivity (Wildman–Crippen MR) is 122 cm³/mol. The molecule has 0 unspecified atom stereocenters. The van der Waals surface area contributed by atoms with Gasteiger partial charge in [0, 0.05) is 0 Å². The number of hydrogen-bond donors (Lipinski definition) is 1. The Hall–Kier alpha value is -3.94. The molecule has 0 aliphatic rings. The van der Waals surface area contributed by atoms with Crippen molar-refractivity contribution in [1.82, 2.24) is 19.8 Å². The van der Waals surface area contributed by atoms with Gasteiger partial charge in [0.15, 0.2) is 11.3 Å². The molecule has 0 bridgehead atoms. The van der Waals surface area contributed by atoms with Crippen molar-refractivity contribution in [1.29, 1.82) is 0 Å². The molecule has 164 valence electrons. The zero-order valence-electron chi connectivity index (χ0n) is 18.5. The summed E-state index contributed by atoms with van der Waals surface area (Å²) in [5.41, 5.74) is 4.75. The number of para-hydroxylation sites is 2. The predicted octanol–water partition coefficient (Wildman–Crippen LogP) is 4.32. The summed E-state index contributed by atoms with van der Waals surface area (Å²) >= 11 is 0. The molecule has 2 aromatic carbocycles. The van der Waals surface area contributed by atoms with Crippen molar-refractivity contribution in [3.63, 3.8) is 0 Å². The van der Waals surface area contributed by atoms with Crippen LogP contribution in [0.25, 0.3) is 16.8 Å². The van der Waals surface area contributed by atoms with E-state index in [1.807, 2.05) is 63.2 Å². The van der Waals surface area contributed by atoms with Crippen molar-refractivity contribution in [2.45, 2.75) is 27.2 Å². The van der Waals surface area contributed by atoms with Gasteiger partial charge in [0.1, 0.15) is 11.5 Å². The average molecular weight is 431 g/mol. The molecule has 0 spiro atoms. The highest BCUT2D eigenvalue weighted by Crippen LogP contribution is 2.30. The molecule has 8 nitrogen and oxygen atoms in total. The molecule has 0 aliphatic heterocycles. The van der Waals surface area contributed by atoms with Gasteiger partial charge in [-0.15, -0.1) is 10.2 Å². The second kappa shape index (κ2) is 9.05. The van der Waals surface area contributed by atoms with Gasteiger partial charge in [-0.25, -0.2) is 4.52 Å². The van der Waals surface area contributed by atoms with Gasteiger partial charge in [0.2, 0.25) is 0 Å². The zero-order chi connectivity index (χ0) is 22.7. The molecule has 4 rings (SSSR count). The van der Waals surface area contributed by atoms with Crippen molar-refractivity contribution in [2.75, 3.05) is 19.0 Å². The third-order valence-electron chi connectivity index (χ3n) is 5.20. The van der Waals surface area contributed by atoms with E-state index >= 15 is 0 Å². The fourth-order valence-corrected chi connectivity index (χ4v) is 3.59. The third kappa shape index (κ3) is 3.87. The first-order valence-electron chi connectivity index (χ1n) is 10.5. The first-order valence-corrected chi connectivity index (χ1v) is 10.5. The Bertz CT molecular complexity index is 1260. The van der Waals surface area contributed by atoms with Crippen LogP contribution in [0.15, 0.2) is 48.5 Å². The van der Waals surface area contributed by atoms with E-state index in [0.29, 0.717) is 35.8 Å². The average Bonchev–Trinajstić information content (AvgIpc) is 3.20. The van der Waals surface area contributed by atoms with Gasteiger partial charge in [-0.05, 0) is 50.1 Å². The minimum atomic E-state index is -0.372. The summed E-state index contributed by atoms with van der Waals surface area (Å²) in [7, 11) is 1.63. The topological polar surface area (TPSA) is 90.6 Å². The second-order valence-corrected chi connectivity index (χ2v) is 7.16. The van der Waals surface area contributed by atoms with Gasteiger partial charge in [-0.1, -0.05) is 31.2 Å². The van der Waals surface area contributed by atoms with Crippen LogP contribution in [0.2, 0.25) is 0 Å². The minimum Gasteiger partial charge on any atom is -0.497 e. The molecule has 0 aliphatic carbocycles. The summed E-state index contributed by atoms with van der Waals surface area (Å²) in [6, 6.07) is 15.0. The Morgan fingerprint density at radius 3 is 2.50 bits per heavy atom. The SMILES string of the molecule is CCOc1ccccc1NC(=O)c1nnc2c(-c3ccc(OC)cc3)c(CC)nn2c1C. The van der Waals surface area contributed by atoms with E-state index in [4.69, 9.17) is 14.6 Å². The summed E-state index contributed by atoms with van der Waals surface area (Å²) in [5.74, 6) is 1.00. The molecule has 4 aromatic rings. The van der Waals surface area contributed by atoms with E-state index in [1.165, 1.54) is 0 Å². The van der Waals surface area contributed by atoms with Crippen LogP contribution < -0.4 is 14.8 Å². The molecule has 1 N–H and O–H groups in total. The van der Waals surface area contributed by atoms with Crippen LogP contribution in [-0.2, 0) is 6.42 Å². The van der Waals surface area contributed by atoms with Crippen LogP contribution in [0, 0.1) is 6.92 Å². The van der Waals surface area contributed by atoms with Crippen LogP contribution in [-0.4, -0.2) is 39.4 Å². The number of rotatable bonds is 7. The quantitative estimate of drug-likeness (QED) is 0.469. The van der Waals surface area contributed by atoms with Gasteiger partial charge in [-0.3, -0.25) is 4.79 Å². The van der Waals surface area contributed by atoms with Crippen LogP contribution in [0.3, 0.4) is 0 Å². The van der Waals surface area contributed by atoms with Gasteiger partial charge < -0.3 is 14.8 Å². The Kier molecular flexibility index (Phi) is 6.02. The van der Waals surface area contributed by atoms with Gasteiger partial charge >= 0.3 is 0 Å². The van der Waals surface area contributed by atoms with E-state index in [-0.39, 0.29) is 11.6 Å². The number of nitrogens with one attached hydrogen (secondary N) is 1. The smallest absolute Gasteiger partial charge is 0.278 e. The summed E-state index contributed by atoms with van der Waals surface area (Å²) in [6.07, 6.45) is 0.716. The van der Waals surface area contributed by atoms with Crippen molar-refractivity contribution < 1.29 is 14.3 Å². The number of nitrogens with zero attached hydrogens (tertiary/aromatic N) is 4. The zero-order valence-corrected chi connectivity index (χ0v) is 18.5. The summed E-state index contributed by atoms with van der Waals surface area (Å²) in [4.78, 5) is 13.0. The Labute approximate surface area is 186 Å². The van der Waals surface area contributed by atoms with Crippen LogP contribution in [0.5, 0.6) is 11.5 Å². The molecule has 0 saturated carbocycles. The number of methoxy groups -OCH3 is 1. The molecular formula is C24H25N5O3. The van der Waals surface area contributed by atoms with E-state index in [1.54, 1.807) is 17.7 Å². The lowest BCUT2D eigenvalue weighted by Crippen LogP contribution is -2.19. The Morgan fingerprint density at radius 2 is 1.81 bits per heavy atom. The lowest BCUT2D eigenvalue weighted by Gasteiger charge is -2.12. The Balaban J connectivity index is 1.74. The minimum absolute atomic E-state index is 0.204. The maximum Gasteiger partial charge on any atom is 0.278 e. The standard InChI is InChI=1S/C24H25N5O3/c1-5-18-21(16-11-13-17(31-4)14-12-16)23-27-26-22(15(3)29(23)28-18)24(30)25-19-9-7-8-10-20(19)32-6-2/h7-14H,5-6H2,1-4H3,(H,25,30). The maximum atomic E-state index is 13.0. The summed E-state index contributed by atoms with van der Waals surface area (Å²) in [6.45, 7) is 6.25. The molecule has 2 heterocycles. The number of benzene rings is 2. The fraction of sp³-hybridized carbons (Fsp3) is 0.250. The number of carbonyl (C=O) groups excluding carboxylic acids is 1. The van der Waals surface area contributed by atoms with Gasteiger partial charge in [-0.2, -0.15) is 5.10 Å². The molecule has 0 atom stereocenters.